The second kappa shape index (κ2) is 6.17. The zero-order valence-corrected chi connectivity index (χ0v) is 13.7. The molecule has 0 saturated heterocycles. The summed E-state index contributed by atoms with van der Waals surface area (Å²) < 4.78 is 5.32. The van der Waals surface area contributed by atoms with E-state index in [0.29, 0.717) is 12.1 Å². The molecule has 0 radical (unpaired) electrons. The molecule has 1 aliphatic heterocycles. The summed E-state index contributed by atoms with van der Waals surface area (Å²) in [4.78, 5) is 28.1. The second-order valence-corrected chi connectivity index (χ2v) is 6.75. The van der Waals surface area contributed by atoms with Crippen molar-refractivity contribution in [2.24, 2.45) is 0 Å². The van der Waals surface area contributed by atoms with Gasteiger partial charge in [0, 0.05) is 16.8 Å². The van der Waals surface area contributed by atoms with Crippen LogP contribution in [0.3, 0.4) is 0 Å². The minimum Gasteiger partial charge on any atom is -0.422 e. The fraction of sp³-hybridized carbons (Fsp3) is 0.158. The van der Waals surface area contributed by atoms with Crippen molar-refractivity contribution in [2.75, 3.05) is 17.2 Å². The molecule has 0 unspecified atom stereocenters. The smallest absolute Gasteiger partial charge is 0.349 e. The number of hydrogen-bond acceptors (Lipinski definition) is 4. The van der Waals surface area contributed by atoms with Crippen LogP contribution in [0.25, 0.3) is 11.0 Å². The van der Waals surface area contributed by atoms with E-state index in [9.17, 15) is 9.59 Å². The lowest BCUT2D eigenvalue weighted by Gasteiger charge is -2.22. The van der Waals surface area contributed by atoms with Gasteiger partial charge in [0.25, 0.3) is 5.91 Å². The third kappa shape index (κ3) is 2.61. The van der Waals surface area contributed by atoms with Crippen molar-refractivity contribution in [3.05, 3.63) is 70.6 Å². The van der Waals surface area contributed by atoms with Crippen LogP contribution in [0.1, 0.15) is 16.8 Å². The molecule has 3 aromatic rings. The molecule has 0 atom stereocenters. The first-order valence-corrected chi connectivity index (χ1v) is 8.79. The number of nitrogens with zero attached hydrogens (tertiary/aromatic N) is 1. The minimum absolute atomic E-state index is 0.0791. The van der Waals surface area contributed by atoms with Crippen LogP contribution >= 0.6 is 11.8 Å². The lowest BCUT2D eigenvalue weighted by atomic mass is 10.1. The van der Waals surface area contributed by atoms with E-state index in [-0.39, 0.29) is 11.5 Å². The summed E-state index contributed by atoms with van der Waals surface area (Å²) in [7, 11) is 0. The van der Waals surface area contributed by atoms with Crippen molar-refractivity contribution >= 4 is 34.3 Å². The zero-order chi connectivity index (χ0) is 16.5. The zero-order valence-electron chi connectivity index (χ0n) is 12.9. The normalized spacial score (nSPS) is 14.2. The maximum absolute atomic E-state index is 13.0. The first-order chi connectivity index (χ1) is 11.7. The van der Waals surface area contributed by atoms with Gasteiger partial charge in [-0.15, -0.1) is 11.8 Å². The second-order valence-electron chi connectivity index (χ2n) is 5.61. The molecule has 120 valence electrons. The Labute approximate surface area is 143 Å². The van der Waals surface area contributed by atoms with E-state index in [1.807, 2.05) is 36.4 Å². The average molecular weight is 337 g/mol. The summed E-state index contributed by atoms with van der Waals surface area (Å²) in [6, 6.07) is 16.7. The summed E-state index contributed by atoms with van der Waals surface area (Å²) in [6.07, 6.45) is 0.879. The van der Waals surface area contributed by atoms with Crippen LogP contribution in [-0.2, 0) is 0 Å². The highest BCUT2D eigenvalue weighted by Crippen LogP contribution is 2.34. The molecule has 5 heteroatoms. The van der Waals surface area contributed by atoms with Crippen molar-refractivity contribution in [1.82, 2.24) is 0 Å². The molecule has 1 aliphatic rings. The number of para-hydroxylation sites is 2. The van der Waals surface area contributed by atoms with Gasteiger partial charge in [-0.2, -0.15) is 0 Å². The Morgan fingerprint density at radius 3 is 2.79 bits per heavy atom. The molecule has 2 heterocycles. The third-order valence-electron chi connectivity index (χ3n) is 4.06. The molecule has 0 saturated carbocycles. The number of carbonyl (C=O) groups is 1. The van der Waals surface area contributed by atoms with Crippen LogP contribution in [-0.4, -0.2) is 18.2 Å². The van der Waals surface area contributed by atoms with Gasteiger partial charge >= 0.3 is 5.63 Å². The summed E-state index contributed by atoms with van der Waals surface area (Å²) in [5.74, 6) is 0.650. The highest BCUT2D eigenvalue weighted by Gasteiger charge is 2.25. The third-order valence-corrected chi connectivity index (χ3v) is 5.21. The van der Waals surface area contributed by atoms with Gasteiger partial charge in [-0.05, 0) is 36.4 Å². The summed E-state index contributed by atoms with van der Waals surface area (Å²) in [5, 5.41) is 0.748. The van der Waals surface area contributed by atoms with E-state index in [0.717, 1.165) is 28.1 Å². The minimum atomic E-state index is -0.590. The molecule has 0 N–H and O–H groups in total. The van der Waals surface area contributed by atoms with Gasteiger partial charge in [-0.1, -0.05) is 30.3 Å². The van der Waals surface area contributed by atoms with Gasteiger partial charge < -0.3 is 9.32 Å². The first kappa shape index (κ1) is 15.0. The van der Waals surface area contributed by atoms with Gasteiger partial charge in [0.05, 0.1) is 5.69 Å². The van der Waals surface area contributed by atoms with Crippen molar-refractivity contribution in [3.63, 3.8) is 0 Å². The fourth-order valence-electron chi connectivity index (χ4n) is 2.89. The van der Waals surface area contributed by atoms with Crippen molar-refractivity contribution in [1.29, 1.82) is 0 Å². The number of thioether (sulfide) groups is 1. The van der Waals surface area contributed by atoms with Crippen LogP contribution in [0.15, 0.2) is 68.7 Å². The van der Waals surface area contributed by atoms with Gasteiger partial charge in [-0.25, -0.2) is 4.79 Å². The number of hydrogen-bond donors (Lipinski definition) is 0. The lowest BCUT2D eigenvalue weighted by Crippen LogP contribution is -2.34. The molecule has 1 amide bonds. The monoisotopic (exact) mass is 337 g/mol. The molecule has 24 heavy (non-hydrogen) atoms. The molecule has 0 aliphatic carbocycles. The predicted molar refractivity (Wildman–Crippen MR) is 95.9 cm³/mol. The van der Waals surface area contributed by atoms with Crippen molar-refractivity contribution in [2.45, 2.75) is 11.3 Å². The van der Waals surface area contributed by atoms with Gasteiger partial charge in [0.2, 0.25) is 0 Å². The molecular formula is C19H15NO3S. The molecule has 1 aromatic heterocycles. The van der Waals surface area contributed by atoms with Crippen LogP contribution in [0.5, 0.6) is 0 Å². The largest absolute Gasteiger partial charge is 0.422 e. The Bertz CT molecular complexity index is 980. The Balaban J connectivity index is 1.82. The molecule has 4 nitrogen and oxygen atoms in total. The molecule has 0 spiro atoms. The SMILES string of the molecule is O=C(c1cc2ccccc2oc1=O)N1CCCSc2ccccc21. The molecule has 2 aromatic carbocycles. The average Bonchev–Trinajstić information content (AvgIpc) is 2.83. The topological polar surface area (TPSA) is 50.5 Å². The lowest BCUT2D eigenvalue weighted by molar-refractivity contribution is 0.0983. The van der Waals surface area contributed by atoms with Crippen LogP contribution < -0.4 is 10.5 Å². The van der Waals surface area contributed by atoms with Crippen LogP contribution in [0.2, 0.25) is 0 Å². The molecule has 0 bridgehead atoms. The Kier molecular flexibility index (Phi) is 3.86. The number of anilines is 1. The summed E-state index contributed by atoms with van der Waals surface area (Å²) in [6.45, 7) is 0.592. The predicted octanol–water partition coefficient (Wildman–Crippen LogP) is 3.94. The van der Waals surface area contributed by atoms with E-state index in [2.05, 4.69) is 0 Å². The van der Waals surface area contributed by atoms with E-state index in [1.54, 1.807) is 34.9 Å². The van der Waals surface area contributed by atoms with Gasteiger partial charge in [0.15, 0.2) is 0 Å². The van der Waals surface area contributed by atoms with Crippen LogP contribution in [0.4, 0.5) is 5.69 Å². The number of carbonyl (C=O) groups excluding carboxylic acids is 1. The van der Waals surface area contributed by atoms with E-state index >= 15 is 0 Å². The Morgan fingerprint density at radius 2 is 1.88 bits per heavy atom. The van der Waals surface area contributed by atoms with Crippen molar-refractivity contribution in [3.8, 4) is 0 Å². The van der Waals surface area contributed by atoms with E-state index in [4.69, 9.17) is 4.42 Å². The maximum atomic E-state index is 13.0. The Hall–Kier alpha value is -2.53. The number of amides is 1. The van der Waals surface area contributed by atoms with Gasteiger partial charge in [0.1, 0.15) is 11.1 Å². The van der Waals surface area contributed by atoms with E-state index in [1.165, 1.54) is 0 Å². The maximum Gasteiger partial charge on any atom is 0.349 e. The summed E-state index contributed by atoms with van der Waals surface area (Å²) in [5.41, 5.74) is 0.840. The highest BCUT2D eigenvalue weighted by molar-refractivity contribution is 7.99. The molecule has 4 rings (SSSR count). The fourth-order valence-corrected chi connectivity index (χ4v) is 3.89. The highest BCUT2D eigenvalue weighted by atomic mass is 32.2. The van der Waals surface area contributed by atoms with Crippen LogP contribution in [0, 0.1) is 0 Å². The van der Waals surface area contributed by atoms with Gasteiger partial charge in [-0.3, -0.25) is 4.79 Å². The quantitative estimate of drug-likeness (QED) is 0.631. The standard InChI is InChI=1S/C19H15NO3S/c21-18(14-12-13-6-1-3-8-16(13)23-19(14)22)20-10-5-11-24-17-9-4-2-7-15(17)20/h1-4,6-9,12H,5,10-11H2. The molecular weight excluding hydrogens is 322 g/mol. The first-order valence-electron chi connectivity index (χ1n) is 7.80. The van der Waals surface area contributed by atoms with Crippen molar-refractivity contribution < 1.29 is 9.21 Å². The number of fused-ring (bicyclic) bond motifs is 2. The van der Waals surface area contributed by atoms with E-state index < -0.39 is 5.63 Å². The molecule has 0 fully saturated rings. The summed E-state index contributed by atoms with van der Waals surface area (Å²) >= 11 is 1.74. The number of rotatable bonds is 1. The Morgan fingerprint density at radius 1 is 1.08 bits per heavy atom. The number of benzene rings is 2.